The topological polar surface area (TPSA) is 54.4 Å². The second kappa shape index (κ2) is 4.65. The molecule has 0 saturated heterocycles. The normalized spacial score (nSPS) is 23.6. The Bertz CT molecular complexity index is 438. The second-order valence-electron chi connectivity index (χ2n) is 4.42. The summed E-state index contributed by atoms with van der Waals surface area (Å²) in [6, 6.07) is 5.39. The lowest BCUT2D eigenvalue weighted by atomic mass is 9.95. The predicted octanol–water partition coefficient (Wildman–Crippen LogP) is 2.51. The summed E-state index contributed by atoms with van der Waals surface area (Å²) in [5, 5.41) is 8.86. The van der Waals surface area contributed by atoms with Gasteiger partial charge in [-0.1, -0.05) is 0 Å². The molecule has 0 aliphatic heterocycles. The molecule has 0 heterocycles. The fraction of sp³-hybridized carbons (Fsp3) is 0.385. The summed E-state index contributed by atoms with van der Waals surface area (Å²) >= 11 is 0. The molecule has 1 aliphatic carbocycles. The van der Waals surface area contributed by atoms with E-state index < -0.39 is 11.9 Å². The van der Waals surface area contributed by atoms with Gasteiger partial charge < -0.3 is 5.11 Å². The third-order valence-electron chi connectivity index (χ3n) is 3.28. The lowest BCUT2D eigenvalue weighted by Crippen LogP contribution is -2.14. The lowest BCUT2D eigenvalue weighted by Gasteiger charge is -2.08. The highest BCUT2D eigenvalue weighted by Gasteiger charge is 2.34. The van der Waals surface area contributed by atoms with Crippen molar-refractivity contribution in [3.63, 3.8) is 0 Å². The van der Waals surface area contributed by atoms with Crippen LogP contribution in [0.4, 0.5) is 4.39 Å². The van der Waals surface area contributed by atoms with Crippen molar-refractivity contribution in [1.29, 1.82) is 0 Å². The number of rotatable bonds is 3. The average Bonchev–Trinajstić information content (AvgIpc) is 2.78. The average molecular weight is 236 g/mol. The van der Waals surface area contributed by atoms with Gasteiger partial charge in [0, 0.05) is 11.5 Å². The van der Waals surface area contributed by atoms with Gasteiger partial charge in [-0.05, 0) is 43.5 Å². The molecule has 1 N–H and O–H groups in total. The number of carboxylic acid groups (broad SMARTS) is 1. The monoisotopic (exact) mass is 236 g/mol. The van der Waals surface area contributed by atoms with Gasteiger partial charge in [0.1, 0.15) is 5.82 Å². The molecule has 3 nitrogen and oxygen atoms in total. The van der Waals surface area contributed by atoms with E-state index in [1.165, 1.54) is 24.3 Å². The Balaban J connectivity index is 2.07. The van der Waals surface area contributed by atoms with Crippen molar-refractivity contribution in [2.24, 2.45) is 11.8 Å². The smallest absolute Gasteiger partial charge is 0.306 e. The van der Waals surface area contributed by atoms with Crippen LogP contribution in [-0.4, -0.2) is 16.9 Å². The van der Waals surface area contributed by atoms with Crippen molar-refractivity contribution in [2.75, 3.05) is 0 Å². The van der Waals surface area contributed by atoms with E-state index in [0.717, 1.165) is 0 Å². The maximum atomic E-state index is 12.7. The maximum absolute atomic E-state index is 12.7. The Morgan fingerprint density at radius 2 is 1.71 bits per heavy atom. The number of carboxylic acids is 1. The largest absolute Gasteiger partial charge is 0.481 e. The van der Waals surface area contributed by atoms with Crippen molar-refractivity contribution in [2.45, 2.75) is 19.3 Å². The summed E-state index contributed by atoms with van der Waals surface area (Å²) in [5.41, 5.74) is 0.461. The molecule has 17 heavy (non-hydrogen) atoms. The molecule has 1 fully saturated rings. The summed E-state index contributed by atoms with van der Waals surface area (Å²) in [4.78, 5) is 22.8. The highest BCUT2D eigenvalue weighted by molar-refractivity contribution is 5.98. The van der Waals surface area contributed by atoms with Crippen LogP contribution in [0.5, 0.6) is 0 Å². The minimum Gasteiger partial charge on any atom is -0.481 e. The quantitative estimate of drug-likeness (QED) is 0.820. The van der Waals surface area contributed by atoms with Crippen molar-refractivity contribution >= 4 is 11.8 Å². The van der Waals surface area contributed by atoms with Crippen LogP contribution in [0.3, 0.4) is 0 Å². The number of halogens is 1. The molecule has 0 bridgehead atoms. The summed E-state index contributed by atoms with van der Waals surface area (Å²) in [7, 11) is 0. The second-order valence-corrected chi connectivity index (χ2v) is 4.42. The molecule has 1 saturated carbocycles. The first kappa shape index (κ1) is 11.8. The first-order chi connectivity index (χ1) is 8.08. The number of aliphatic carboxylic acids is 1. The fourth-order valence-electron chi connectivity index (χ4n) is 2.29. The molecule has 1 aromatic rings. The van der Waals surface area contributed by atoms with Crippen molar-refractivity contribution in [3.05, 3.63) is 35.6 Å². The molecule has 2 unspecified atom stereocenters. The van der Waals surface area contributed by atoms with Crippen molar-refractivity contribution in [3.8, 4) is 0 Å². The van der Waals surface area contributed by atoms with Gasteiger partial charge >= 0.3 is 5.97 Å². The zero-order valence-electron chi connectivity index (χ0n) is 9.23. The standard InChI is InChI=1S/C13H13FO3/c14-11-5-3-8(4-6-11)12(15)9-1-2-10(7-9)13(16)17/h3-6,9-10H,1-2,7H2,(H,16,17). The highest BCUT2D eigenvalue weighted by Crippen LogP contribution is 2.33. The van der Waals surface area contributed by atoms with E-state index in [1.807, 2.05) is 0 Å². The Labute approximate surface area is 98.3 Å². The Morgan fingerprint density at radius 3 is 2.24 bits per heavy atom. The van der Waals surface area contributed by atoms with Crippen LogP contribution in [0, 0.1) is 17.7 Å². The summed E-state index contributed by atoms with van der Waals surface area (Å²) in [6.07, 6.45) is 1.55. The van der Waals surface area contributed by atoms with Crippen molar-refractivity contribution < 1.29 is 19.1 Å². The van der Waals surface area contributed by atoms with E-state index in [1.54, 1.807) is 0 Å². The number of hydrogen-bond donors (Lipinski definition) is 1. The molecule has 1 aliphatic rings. The maximum Gasteiger partial charge on any atom is 0.306 e. The van der Waals surface area contributed by atoms with E-state index >= 15 is 0 Å². The van der Waals surface area contributed by atoms with Gasteiger partial charge in [0.05, 0.1) is 5.92 Å². The zero-order chi connectivity index (χ0) is 12.4. The molecule has 90 valence electrons. The molecule has 4 heteroatoms. The van der Waals surface area contributed by atoms with Gasteiger partial charge in [0.15, 0.2) is 5.78 Å². The molecule has 0 spiro atoms. The number of carbonyl (C=O) groups is 2. The fourth-order valence-corrected chi connectivity index (χ4v) is 2.29. The van der Waals surface area contributed by atoms with Gasteiger partial charge in [-0.2, -0.15) is 0 Å². The molecule has 2 atom stereocenters. The molecular weight excluding hydrogens is 223 g/mol. The van der Waals surface area contributed by atoms with Crippen LogP contribution < -0.4 is 0 Å². The zero-order valence-corrected chi connectivity index (χ0v) is 9.23. The van der Waals surface area contributed by atoms with E-state index in [0.29, 0.717) is 24.8 Å². The number of Topliss-reactive ketones (excluding diaryl/α,β-unsaturated/α-hetero) is 1. The molecule has 1 aromatic carbocycles. The lowest BCUT2D eigenvalue weighted by molar-refractivity contribution is -0.141. The number of ketones is 1. The van der Waals surface area contributed by atoms with Crippen LogP contribution in [0.1, 0.15) is 29.6 Å². The predicted molar refractivity (Wildman–Crippen MR) is 59.2 cm³/mol. The Morgan fingerprint density at radius 1 is 1.12 bits per heavy atom. The number of hydrogen-bond acceptors (Lipinski definition) is 2. The summed E-state index contributed by atoms with van der Waals surface area (Å²) in [5.74, 6) is -1.93. The van der Waals surface area contributed by atoms with Gasteiger partial charge in [-0.25, -0.2) is 4.39 Å². The minimum absolute atomic E-state index is 0.0752. The first-order valence-corrected chi connectivity index (χ1v) is 5.60. The first-order valence-electron chi connectivity index (χ1n) is 5.60. The SMILES string of the molecule is O=C(O)C1CCC(C(=O)c2ccc(F)cc2)C1. The summed E-state index contributed by atoms with van der Waals surface area (Å²) < 4.78 is 12.7. The molecule has 0 aromatic heterocycles. The minimum atomic E-state index is -0.834. The van der Waals surface area contributed by atoms with E-state index in [9.17, 15) is 14.0 Å². The van der Waals surface area contributed by atoms with Gasteiger partial charge in [0.25, 0.3) is 0 Å². The number of carbonyl (C=O) groups excluding carboxylic acids is 1. The summed E-state index contributed by atoms with van der Waals surface area (Å²) in [6.45, 7) is 0. The molecule has 0 amide bonds. The van der Waals surface area contributed by atoms with E-state index in [-0.39, 0.29) is 17.5 Å². The van der Waals surface area contributed by atoms with Crippen LogP contribution in [0.25, 0.3) is 0 Å². The third-order valence-corrected chi connectivity index (χ3v) is 3.28. The molecule has 2 rings (SSSR count). The van der Waals surface area contributed by atoms with Gasteiger partial charge in [0.2, 0.25) is 0 Å². The molecular formula is C13H13FO3. The van der Waals surface area contributed by atoms with Crippen LogP contribution in [0.15, 0.2) is 24.3 Å². The van der Waals surface area contributed by atoms with Crippen LogP contribution >= 0.6 is 0 Å². The third kappa shape index (κ3) is 2.52. The van der Waals surface area contributed by atoms with E-state index in [2.05, 4.69) is 0 Å². The van der Waals surface area contributed by atoms with Gasteiger partial charge in [-0.3, -0.25) is 9.59 Å². The van der Waals surface area contributed by atoms with Crippen LogP contribution in [-0.2, 0) is 4.79 Å². The number of benzene rings is 1. The van der Waals surface area contributed by atoms with E-state index in [4.69, 9.17) is 5.11 Å². The molecule has 0 radical (unpaired) electrons. The van der Waals surface area contributed by atoms with Crippen molar-refractivity contribution in [1.82, 2.24) is 0 Å². The highest BCUT2D eigenvalue weighted by atomic mass is 19.1. The Hall–Kier alpha value is -1.71. The Kier molecular flexibility index (Phi) is 3.22. The van der Waals surface area contributed by atoms with Gasteiger partial charge in [-0.15, -0.1) is 0 Å². The van der Waals surface area contributed by atoms with Crippen LogP contribution in [0.2, 0.25) is 0 Å².